The van der Waals surface area contributed by atoms with Crippen molar-refractivity contribution in [2.24, 2.45) is 0 Å². The summed E-state index contributed by atoms with van der Waals surface area (Å²) in [4.78, 5) is 49.7. The van der Waals surface area contributed by atoms with Crippen LogP contribution in [-0.2, 0) is 14.3 Å². The quantitative estimate of drug-likeness (QED) is 0.161. The third-order valence-corrected chi connectivity index (χ3v) is 4.29. The van der Waals surface area contributed by atoms with Gasteiger partial charge in [0.2, 0.25) is 0 Å². The molecule has 0 saturated carbocycles. The second kappa shape index (κ2) is 9.24. The Hall–Kier alpha value is -3.33. The number of rotatable bonds is 9. The van der Waals surface area contributed by atoms with Gasteiger partial charge in [-0.2, -0.15) is 0 Å². The Bertz CT molecular complexity index is 901. The molecule has 1 heterocycles. The number of allylic oxidation sites excluding steroid dienone is 1. The van der Waals surface area contributed by atoms with E-state index in [4.69, 9.17) is 14.9 Å². The summed E-state index contributed by atoms with van der Waals surface area (Å²) in [5.41, 5.74) is -0.0562. The first kappa shape index (κ1) is 22.0. The number of fused-ring (bicyclic) bond motifs is 1. The van der Waals surface area contributed by atoms with Crippen molar-refractivity contribution in [1.29, 1.82) is 5.41 Å². The number of aliphatic hydroxyl groups excluding tert-OH is 1. The number of hydrogen-bond acceptors (Lipinski definition) is 8. The van der Waals surface area contributed by atoms with E-state index in [0.717, 1.165) is 4.90 Å². The molecule has 0 unspecified atom stereocenters. The lowest BCUT2D eigenvalue weighted by atomic mass is 10.1. The molecule has 1 aliphatic heterocycles. The molecule has 9 heteroatoms. The van der Waals surface area contributed by atoms with Gasteiger partial charge < -0.3 is 20.0 Å². The standard InChI is InChI=1S/C20H22N2O7/c1-11(21)17(12(2)23)16(24)10-29-20(27)13-5-6-14-15(9-13)19(26)22(18(14)25)7-4-8-28-3/h5-6,9,21,24H,4,7-8,10H2,1-3H3/b17-16-,21-11?. The third kappa shape index (κ3) is 4.75. The number of esters is 1. The van der Waals surface area contributed by atoms with Crippen LogP contribution in [0.25, 0.3) is 0 Å². The highest BCUT2D eigenvalue weighted by Crippen LogP contribution is 2.24. The van der Waals surface area contributed by atoms with E-state index < -0.39 is 35.9 Å². The predicted molar refractivity (Wildman–Crippen MR) is 102 cm³/mol. The number of carbonyl (C=O) groups is 4. The smallest absolute Gasteiger partial charge is 0.338 e. The summed E-state index contributed by atoms with van der Waals surface area (Å²) >= 11 is 0. The molecule has 2 amide bonds. The number of benzene rings is 1. The van der Waals surface area contributed by atoms with Crippen LogP contribution in [0.5, 0.6) is 0 Å². The highest BCUT2D eigenvalue weighted by atomic mass is 16.5. The largest absolute Gasteiger partial charge is 0.508 e. The zero-order chi connectivity index (χ0) is 21.7. The van der Waals surface area contributed by atoms with Gasteiger partial charge in [0.1, 0.15) is 12.4 Å². The first-order valence-electron chi connectivity index (χ1n) is 8.83. The maximum absolute atomic E-state index is 12.5. The Morgan fingerprint density at radius 3 is 2.38 bits per heavy atom. The lowest BCUT2D eigenvalue weighted by Gasteiger charge is -2.12. The molecule has 1 aromatic carbocycles. The Balaban J connectivity index is 2.15. The van der Waals surface area contributed by atoms with Gasteiger partial charge in [0.25, 0.3) is 11.8 Å². The first-order chi connectivity index (χ1) is 13.7. The van der Waals surface area contributed by atoms with Gasteiger partial charge in [0.05, 0.1) is 22.3 Å². The molecule has 0 aromatic heterocycles. The van der Waals surface area contributed by atoms with Crippen molar-refractivity contribution in [2.75, 3.05) is 26.9 Å². The SMILES string of the molecule is COCCCN1C(=O)c2ccc(C(=O)OC/C(O)=C(\C(C)=N)C(C)=O)cc2C1=O. The highest BCUT2D eigenvalue weighted by Gasteiger charge is 2.35. The molecule has 0 spiro atoms. The number of nitrogens with one attached hydrogen (secondary N) is 1. The number of aliphatic hydroxyl groups is 1. The second-order valence-electron chi connectivity index (χ2n) is 6.45. The number of ether oxygens (including phenoxy) is 2. The van der Waals surface area contributed by atoms with Crippen molar-refractivity contribution in [2.45, 2.75) is 20.3 Å². The van der Waals surface area contributed by atoms with Crippen LogP contribution < -0.4 is 0 Å². The zero-order valence-corrected chi connectivity index (χ0v) is 16.4. The number of ketones is 1. The molecule has 29 heavy (non-hydrogen) atoms. The summed E-state index contributed by atoms with van der Waals surface area (Å²) in [5, 5.41) is 17.4. The number of methoxy groups -OCH3 is 1. The average molecular weight is 402 g/mol. The lowest BCUT2D eigenvalue weighted by molar-refractivity contribution is -0.113. The van der Waals surface area contributed by atoms with Crippen LogP contribution >= 0.6 is 0 Å². The monoisotopic (exact) mass is 402 g/mol. The Morgan fingerprint density at radius 1 is 1.14 bits per heavy atom. The summed E-state index contributed by atoms with van der Waals surface area (Å²) in [7, 11) is 1.52. The highest BCUT2D eigenvalue weighted by molar-refractivity contribution is 6.22. The predicted octanol–water partition coefficient (Wildman–Crippen LogP) is 1.92. The molecule has 154 valence electrons. The maximum Gasteiger partial charge on any atom is 0.338 e. The van der Waals surface area contributed by atoms with Gasteiger partial charge in [-0.25, -0.2) is 4.79 Å². The van der Waals surface area contributed by atoms with E-state index >= 15 is 0 Å². The summed E-state index contributed by atoms with van der Waals surface area (Å²) in [6.45, 7) is 2.52. The normalized spacial score (nSPS) is 13.8. The molecular formula is C20H22N2O7. The molecule has 0 atom stereocenters. The van der Waals surface area contributed by atoms with E-state index in [1.807, 2.05) is 0 Å². The topological polar surface area (TPSA) is 134 Å². The van der Waals surface area contributed by atoms with Crippen molar-refractivity contribution in [1.82, 2.24) is 4.90 Å². The number of Topliss-reactive ketones (excluding diaryl/α,β-unsaturated/α-hetero) is 1. The van der Waals surface area contributed by atoms with Crippen LogP contribution in [0.2, 0.25) is 0 Å². The van der Waals surface area contributed by atoms with Gasteiger partial charge in [-0.1, -0.05) is 0 Å². The van der Waals surface area contributed by atoms with E-state index in [9.17, 15) is 24.3 Å². The minimum atomic E-state index is -0.844. The molecule has 1 aromatic rings. The Labute approximate surface area is 167 Å². The van der Waals surface area contributed by atoms with Crippen LogP contribution in [0.1, 0.15) is 51.3 Å². The molecular weight excluding hydrogens is 380 g/mol. The minimum absolute atomic E-state index is 0.0207. The van der Waals surface area contributed by atoms with Crippen molar-refractivity contribution in [3.63, 3.8) is 0 Å². The lowest BCUT2D eigenvalue weighted by Crippen LogP contribution is -2.31. The van der Waals surface area contributed by atoms with Crippen LogP contribution in [0.4, 0.5) is 0 Å². The fourth-order valence-electron chi connectivity index (χ4n) is 2.96. The van der Waals surface area contributed by atoms with Crippen LogP contribution in [0.15, 0.2) is 29.5 Å². The van der Waals surface area contributed by atoms with Gasteiger partial charge in [-0.05, 0) is 38.5 Å². The fraction of sp³-hybridized carbons (Fsp3) is 0.350. The number of amides is 2. The number of carbonyl (C=O) groups excluding carboxylic acids is 4. The summed E-state index contributed by atoms with van der Waals surface area (Å²) in [5.74, 6) is -2.84. The van der Waals surface area contributed by atoms with Crippen LogP contribution in [-0.4, -0.2) is 66.2 Å². The van der Waals surface area contributed by atoms with E-state index in [-0.39, 0.29) is 34.5 Å². The molecule has 0 saturated heterocycles. The molecule has 2 rings (SSSR count). The van der Waals surface area contributed by atoms with Crippen molar-refractivity contribution in [3.8, 4) is 0 Å². The van der Waals surface area contributed by atoms with E-state index in [0.29, 0.717) is 13.0 Å². The molecule has 2 N–H and O–H groups in total. The van der Waals surface area contributed by atoms with E-state index in [2.05, 4.69) is 0 Å². The maximum atomic E-state index is 12.5. The Kier molecular flexibility index (Phi) is 7.00. The number of imide groups is 1. The number of nitrogens with zero attached hydrogens (tertiary/aromatic N) is 1. The van der Waals surface area contributed by atoms with Gasteiger partial charge in [0.15, 0.2) is 5.78 Å². The number of hydrogen-bond donors (Lipinski definition) is 2. The van der Waals surface area contributed by atoms with Gasteiger partial charge in [0, 0.05) is 26.0 Å². The summed E-state index contributed by atoms with van der Waals surface area (Å²) in [6, 6.07) is 3.99. The molecule has 0 bridgehead atoms. The summed E-state index contributed by atoms with van der Waals surface area (Å²) < 4.78 is 9.90. The van der Waals surface area contributed by atoms with Gasteiger partial charge >= 0.3 is 5.97 Å². The van der Waals surface area contributed by atoms with Crippen LogP contribution in [0.3, 0.4) is 0 Å². The zero-order valence-electron chi connectivity index (χ0n) is 16.4. The van der Waals surface area contributed by atoms with E-state index in [1.165, 1.54) is 39.2 Å². The molecule has 1 aliphatic rings. The van der Waals surface area contributed by atoms with E-state index in [1.54, 1.807) is 0 Å². The van der Waals surface area contributed by atoms with Crippen molar-refractivity contribution >= 4 is 29.3 Å². The van der Waals surface area contributed by atoms with Crippen molar-refractivity contribution < 1.29 is 33.8 Å². The fourth-order valence-corrected chi connectivity index (χ4v) is 2.96. The van der Waals surface area contributed by atoms with Gasteiger partial charge in [-0.3, -0.25) is 19.3 Å². The molecule has 9 nitrogen and oxygen atoms in total. The summed E-state index contributed by atoms with van der Waals surface area (Å²) in [6.07, 6.45) is 0.493. The minimum Gasteiger partial charge on any atom is -0.508 e. The molecule has 0 fully saturated rings. The first-order valence-corrected chi connectivity index (χ1v) is 8.83. The van der Waals surface area contributed by atoms with Crippen LogP contribution in [0, 0.1) is 5.41 Å². The average Bonchev–Trinajstić information content (AvgIpc) is 2.90. The third-order valence-electron chi connectivity index (χ3n) is 4.29. The molecule has 0 radical (unpaired) electrons. The Morgan fingerprint density at radius 2 is 1.79 bits per heavy atom. The van der Waals surface area contributed by atoms with Crippen molar-refractivity contribution in [3.05, 3.63) is 46.2 Å². The second-order valence-corrected chi connectivity index (χ2v) is 6.45. The van der Waals surface area contributed by atoms with Gasteiger partial charge in [-0.15, -0.1) is 0 Å². The molecule has 0 aliphatic carbocycles.